The maximum absolute atomic E-state index is 10.3. The topological polar surface area (TPSA) is 45.1 Å². The number of phenolic OH excluding ortho intramolecular Hbond substituents is 1. The number of halogens is 2. The van der Waals surface area contributed by atoms with Crippen LogP contribution in [0.1, 0.15) is 18.4 Å². The summed E-state index contributed by atoms with van der Waals surface area (Å²) in [5, 5.41) is 10.3. The number of ether oxygens (including phenoxy) is 1. The molecule has 0 spiro atoms. The van der Waals surface area contributed by atoms with Crippen LogP contribution in [-0.2, 0) is 0 Å². The maximum atomic E-state index is 10.3. The number of methoxy groups -OCH3 is 1. The third-order valence-electron chi connectivity index (χ3n) is 4.08. The number of phenols is 1. The van der Waals surface area contributed by atoms with Crippen LogP contribution in [0.3, 0.4) is 0 Å². The van der Waals surface area contributed by atoms with Crippen molar-refractivity contribution in [2.24, 2.45) is 4.99 Å². The van der Waals surface area contributed by atoms with Crippen LogP contribution in [0.5, 0.6) is 11.5 Å². The molecule has 1 heterocycles. The van der Waals surface area contributed by atoms with Gasteiger partial charge in [0, 0.05) is 33.9 Å². The smallest absolute Gasteiger partial charge is 0.167 e. The summed E-state index contributed by atoms with van der Waals surface area (Å²) < 4.78 is 6.71. The Morgan fingerprint density at radius 1 is 1.17 bits per heavy atom. The molecule has 1 aliphatic heterocycles. The van der Waals surface area contributed by atoms with Gasteiger partial charge in [0.15, 0.2) is 11.5 Å². The van der Waals surface area contributed by atoms with Crippen LogP contribution in [-0.4, -0.2) is 31.5 Å². The van der Waals surface area contributed by atoms with Gasteiger partial charge in [0.05, 0.1) is 18.4 Å². The molecule has 0 unspecified atom stereocenters. The highest BCUT2D eigenvalue weighted by Gasteiger charge is 2.14. The van der Waals surface area contributed by atoms with Crippen LogP contribution in [0, 0.1) is 0 Å². The molecular weight excluding hydrogens is 436 g/mol. The molecule has 0 aliphatic carbocycles. The van der Waals surface area contributed by atoms with Crippen molar-refractivity contribution < 1.29 is 9.84 Å². The fraction of sp³-hybridized carbons (Fsp3) is 0.278. The van der Waals surface area contributed by atoms with Crippen molar-refractivity contribution in [2.45, 2.75) is 12.8 Å². The van der Waals surface area contributed by atoms with E-state index in [1.54, 1.807) is 12.3 Å². The summed E-state index contributed by atoms with van der Waals surface area (Å²) in [6.07, 6.45) is 4.16. The van der Waals surface area contributed by atoms with E-state index < -0.39 is 0 Å². The Morgan fingerprint density at radius 2 is 1.83 bits per heavy atom. The first kappa shape index (κ1) is 17.3. The second kappa shape index (κ2) is 7.57. The first-order valence-electron chi connectivity index (χ1n) is 7.74. The number of rotatable bonds is 4. The van der Waals surface area contributed by atoms with Crippen molar-refractivity contribution in [3.8, 4) is 11.5 Å². The third kappa shape index (κ3) is 3.59. The monoisotopic (exact) mass is 452 g/mol. The third-order valence-corrected chi connectivity index (χ3v) is 6.09. The van der Waals surface area contributed by atoms with Gasteiger partial charge in [-0.15, -0.1) is 0 Å². The molecule has 0 bridgehead atoms. The van der Waals surface area contributed by atoms with Crippen LogP contribution >= 0.6 is 31.9 Å². The highest BCUT2D eigenvalue weighted by atomic mass is 79.9. The number of nitrogens with zero attached hydrogens (tertiary/aromatic N) is 2. The van der Waals surface area contributed by atoms with Gasteiger partial charge in [-0.05, 0) is 75.0 Å². The lowest BCUT2D eigenvalue weighted by Crippen LogP contribution is -2.17. The van der Waals surface area contributed by atoms with E-state index in [0.717, 1.165) is 27.7 Å². The van der Waals surface area contributed by atoms with Gasteiger partial charge in [0.2, 0.25) is 0 Å². The minimum Gasteiger partial charge on any atom is -0.504 e. The number of anilines is 1. The molecular formula is C18H18Br2N2O2. The molecule has 6 heteroatoms. The van der Waals surface area contributed by atoms with Crippen LogP contribution in [0.15, 0.2) is 44.3 Å². The van der Waals surface area contributed by atoms with E-state index >= 15 is 0 Å². The van der Waals surface area contributed by atoms with Crippen LogP contribution < -0.4 is 9.64 Å². The number of hydrogen-bond acceptors (Lipinski definition) is 4. The Bertz CT molecular complexity index is 755. The summed E-state index contributed by atoms with van der Waals surface area (Å²) in [7, 11) is 1.52. The fourth-order valence-electron chi connectivity index (χ4n) is 2.75. The van der Waals surface area contributed by atoms with Crippen LogP contribution in [0.2, 0.25) is 0 Å². The highest BCUT2D eigenvalue weighted by Crippen LogP contribution is 2.39. The Kier molecular flexibility index (Phi) is 5.46. The van der Waals surface area contributed by atoms with Crippen molar-refractivity contribution in [2.75, 3.05) is 25.1 Å². The molecule has 0 radical (unpaired) electrons. The lowest BCUT2D eigenvalue weighted by atomic mass is 10.2. The summed E-state index contributed by atoms with van der Waals surface area (Å²) in [6.45, 7) is 2.25. The van der Waals surface area contributed by atoms with E-state index in [1.807, 2.05) is 12.1 Å². The molecule has 0 atom stereocenters. The molecule has 1 aliphatic rings. The minimum absolute atomic E-state index is 0.0602. The lowest BCUT2D eigenvalue weighted by molar-refractivity contribution is 0.372. The molecule has 2 aromatic rings. The Morgan fingerprint density at radius 3 is 2.46 bits per heavy atom. The molecule has 2 aromatic carbocycles. The summed E-state index contributed by atoms with van der Waals surface area (Å²) in [5.74, 6) is 0.459. The van der Waals surface area contributed by atoms with Gasteiger partial charge in [-0.25, -0.2) is 0 Å². The molecule has 1 N–H and O–H groups in total. The fourth-order valence-corrected chi connectivity index (χ4v) is 3.58. The van der Waals surface area contributed by atoms with Gasteiger partial charge in [-0.2, -0.15) is 0 Å². The van der Waals surface area contributed by atoms with Crippen LogP contribution in [0.4, 0.5) is 11.4 Å². The van der Waals surface area contributed by atoms with Crippen molar-refractivity contribution >= 4 is 49.4 Å². The van der Waals surface area contributed by atoms with E-state index in [9.17, 15) is 5.11 Å². The lowest BCUT2D eigenvalue weighted by Gasteiger charge is -2.17. The second-order valence-electron chi connectivity index (χ2n) is 5.61. The Labute approximate surface area is 158 Å². The van der Waals surface area contributed by atoms with E-state index in [-0.39, 0.29) is 5.75 Å². The van der Waals surface area contributed by atoms with Gasteiger partial charge < -0.3 is 14.7 Å². The molecule has 1 saturated heterocycles. The summed E-state index contributed by atoms with van der Waals surface area (Å²) in [5.41, 5.74) is 2.65. The van der Waals surface area contributed by atoms with E-state index in [0.29, 0.717) is 11.3 Å². The Hall–Kier alpha value is -1.53. The molecule has 0 amide bonds. The van der Waals surface area contributed by atoms with Crippen molar-refractivity contribution in [1.29, 1.82) is 0 Å². The SMILES string of the molecule is COc1cc(Br)c(Br)c(C=Nc2ccc(N3CCCC3)cc2)c1O. The summed E-state index contributed by atoms with van der Waals surface area (Å²) in [6, 6.07) is 9.87. The first-order chi connectivity index (χ1) is 11.6. The van der Waals surface area contributed by atoms with Gasteiger partial charge in [-0.1, -0.05) is 0 Å². The van der Waals surface area contributed by atoms with Crippen molar-refractivity contribution in [1.82, 2.24) is 0 Å². The van der Waals surface area contributed by atoms with Gasteiger partial charge in [0.25, 0.3) is 0 Å². The molecule has 3 rings (SSSR count). The predicted octanol–water partition coefficient (Wildman–Crippen LogP) is 5.28. The van der Waals surface area contributed by atoms with Gasteiger partial charge in [-0.3, -0.25) is 4.99 Å². The number of benzene rings is 2. The van der Waals surface area contributed by atoms with Crippen molar-refractivity contribution in [3.63, 3.8) is 0 Å². The van der Waals surface area contributed by atoms with Crippen molar-refractivity contribution in [3.05, 3.63) is 44.8 Å². The van der Waals surface area contributed by atoms with Gasteiger partial charge >= 0.3 is 0 Å². The quantitative estimate of drug-likeness (QED) is 0.640. The maximum Gasteiger partial charge on any atom is 0.167 e. The molecule has 24 heavy (non-hydrogen) atoms. The average Bonchev–Trinajstić information content (AvgIpc) is 3.13. The van der Waals surface area contributed by atoms with Gasteiger partial charge in [0.1, 0.15) is 0 Å². The van der Waals surface area contributed by atoms with Crippen LogP contribution in [0.25, 0.3) is 0 Å². The van der Waals surface area contributed by atoms with E-state index in [2.05, 4.69) is 53.9 Å². The number of hydrogen-bond donors (Lipinski definition) is 1. The average molecular weight is 454 g/mol. The summed E-state index contributed by atoms with van der Waals surface area (Å²) in [4.78, 5) is 6.86. The molecule has 0 aromatic heterocycles. The molecule has 4 nitrogen and oxygen atoms in total. The first-order valence-corrected chi connectivity index (χ1v) is 9.33. The zero-order valence-electron chi connectivity index (χ0n) is 13.3. The zero-order chi connectivity index (χ0) is 17.1. The normalized spacial score (nSPS) is 14.5. The number of aromatic hydroxyl groups is 1. The number of aliphatic imine (C=N–C) groups is 1. The largest absolute Gasteiger partial charge is 0.504 e. The predicted molar refractivity (Wildman–Crippen MR) is 105 cm³/mol. The van der Waals surface area contributed by atoms with E-state index in [4.69, 9.17) is 4.74 Å². The van der Waals surface area contributed by atoms with E-state index in [1.165, 1.54) is 25.6 Å². The summed E-state index contributed by atoms with van der Waals surface area (Å²) >= 11 is 6.90. The molecule has 1 fully saturated rings. The zero-order valence-corrected chi connectivity index (χ0v) is 16.5. The minimum atomic E-state index is 0.0602. The standard InChI is InChI=1S/C18H18Br2N2O2/c1-24-16-10-15(19)17(20)14(18(16)23)11-21-12-4-6-13(7-5-12)22-8-2-3-9-22/h4-7,10-11,23H,2-3,8-9H2,1H3. The highest BCUT2D eigenvalue weighted by molar-refractivity contribution is 9.13. The molecule has 0 saturated carbocycles. The molecule has 126 valence electrons. The second-order valence-corrected chi connectivity index (χ2v) is 7.25. The Balaban J connectivity index is 1.84.